The molecular weight excluding hydrogens is 641 g/mol. The monoisotopic (exact) mass is 690 g/mol. The third kappa shape index (κ3) is 8.62. The van der Waals surface area contributed by atoms with E-state index in [2.05, 4.69) is 213 Å². The van der Waals surface area contributed by atoms with Gasteiger partial charge in [-0.05, 0) is 101 Å². The van der Waals surface area contributed by atoms with Crippen LogP contribution in [0.2, 0.25) is 0 Å². The lowest BCUT2D eigenvalue weighted by molar-refractivity contribution is 0.792. The van der Waals surface area contributed by atoms with E-state index in [9.17, 15) is 0 Å². The SMILES string of the molecule is Cc1cc(N(Cc2ccccc2)Cc2ccccc2)c(C)cc1C(c1ccccc1)c1cc(C)c(N(Cc2ccccc2)Cc2ccccc2)cc1C. The maximum atomic E-state index is 2.53. The standard InChI is InChI=1S/C51H50N2/c1-38-32-49(52(34-42-20-10-5-11-21-42)35-43-22-12-6-13-23-43)40(3)30-47(38)51(46-28-18-9-19-29-46)48-31-41(4)50(33-39(48)2)53(36-44-24-14-7-15-25-44)37-45-26-16-8-17-27-45/h5-33,51H,34-37H2,1-4H3. The first-order valence-electron chi connectivity index (χ1n) is 18.9. The number of hydrogen-bond donors (Lipinski definition) is 0. The zero-order valence-corrected chi connectivity index (χ0v) is 31.5. The van der Waals surface area contributed by atoms with E-state index in [0.29, 0.717) is 0 Å². The molecule has 0 amide bonds. The van der Waals surface area contributed by atoms with E-state index in [4.69, 9.17) is 0 Å². The van der Waals surface area contributed by atoms with E-state index < -0.39 is 0 Å². The summed E-state index contributed by atoms with van der Waals surface area (Å²) >= 11 is 0. The van der Waals surface area contributed by atoms with Crippen molar-refractivity contribution in [3.05, 3.63) is 237 Å². The number of anilines is 2. The smallest absolute Gasteiger partial charge is 0.0433 e. The van der Waals surface area contributed by atoms with Gasteiger partial charge in [0.1, 0.15) is 0 Å². The molecule has 7 aromatic carbocycles. The van der Waals surface area contributed by atoms with Gasteiger partial charge in [0.25, 0.3) is 0 Å². The average Bonchev–Trinajstić information content (AvgIpc) is 3.19. The third-order valence-corrected chi connectivity index (χ3v) is 10.5. The molecule has 0 radical (unpaired) electrons. The highest BCUT2D eigenvalue weighted by molar-refractivity contribution is 5.64. The third-order valence-electron chi connectivity index (χ3n) is 10.5. The van der Waals surface area contributed by atoms with Crippen LogP contribution in [-0.2, 0) is 26.2 Å². The number of rotatable bonds is 13. The Bertz CT molecular complexity index is 1990. The van der Waals surface area contributed by atoms with Gasteiger partial charge >= 0.3 is 0 Å². The molecule has 0 N–H and O–H groups in total. The van der Waals surface area contributed by atoms with E-state index in [1.807, 2.05) is 0 Å². The summed E-state index contributed by atoms with van der Waals surface area (Å²) in [5, 5.41) is 0. The second kappa shape index (κ2) is 16.7. The summed E-state index contributed by atoms with van der Waals surface area (Å²) < 4.78 is 0. The maximum Gasteiger partial charge on any atom is 0.0433 e. The van der Waals surface area contributed by atoms with Gasteiger partial charge in [0.05, 0.1) is 0 Å². The van der Waals surface area contributed by atoms with Crippen LogP contribution in [0.4, 0.5) is 11.4 Å². The lowest BCUT2D eigenvalue weighted by atomic mass is 9.79. The topological polar surface area (TPSA) is 6.48 Å². The molecule has 0 aliphatic carbocycles. The van der Waals surface area contributed by atoms with Gasteiger partial charge in [-0.1, -0.05) is 164 Å². The average molecular weight is 691 g/mol. The lowest BCUT2D eigenvalue weighted by Gasteiger charge is -2.31. The molecule has 0 bridgehead atoms. The molecule has 0 aliphatic heterocycles. The summed E-state index contributed by atoms with van der Waals surface area (Å²) in [7, 11) is 0. The first-order valence-corrected chi connectivity index (χ1v) is 18.9. The molecule has 0 fully saturated rings. The van der Waals surface area contributed by atoms with Gasteiger partial charge in [-0.25, -0.2) is 0 Å². The van der Waals surface area contributed by atoms with Gasteiger partial charge in [0.2, 0.25) is 0 Å². The summed E-state index contributed by atoms with van der Waals surface area (Å²) in [5.74, 6) is 0.102. The number of nitrogens with zero attached hydrogens (tertiary/aromatic N) is 2. The fraction of sp³-hybridized carbons (Fsp3) is 0.176. The van der Waals surface area contributed by atoms with Crippen LogP contribution >= 0.6 is 0 Å². The highest BCUT2D eigenvalue weighted by Crippen LogP contribution is 2.41. The molecule has 0 atom stereocenters. The Morgan fingerprint density at radius 3 is 0.925 bits per heavy atom. The minimum Gasteiger partial charge on any atom is -0.363 e. The second-order valence-corrected chi connectivity index (χ2v) is 14.5. The van der Waals surface area contributed by atoms with Crippen LogP contribution in [0.25, 0.3) is 0 Å². The normalized spacial score (nSPS) is 11.1. The fourth-order valence-corrected chi connectivity index (χ4v) is 7.79. The molecule has 0 saturated heterocycles. The Balaban J connectivity index is 1.29. The van der Waals surface area contributed by atoms with Crippen molar-refractivity contribution in [2.75, 3.05) is 9.80 Å². The van der Waals surface area contributed by atoms with Crippen molar-refractivity contribution in [1.82, 2.24) is 0 Å². The molecule has 7 rings (SSSR count). The second-order valence-electron chi connectivity index (χ2n) is 14.5. The van der Waals surface area contributed by atoms with E-state index in [-0.39, 0.29) is 5.92 Å². The summed E-state index contributed by atoms with van der Waals surface area (Å²) in [6, 6.07) is 64.2. The Labute approximate surface area is 317 Å². The molecule has 0 spiro atoms. The van der Waals surface area contributed by atoms with E-state index in [1.165, 1.54) is 72.6 Å². The predicted octanol–water partition coefficient (Wildman–Crippen LogP) is 12.5. The van der Waals surface area contributed by atoms with Gasteiger partial charge in [0, 0.05) is 43.5 Å². The Morgan fingerprint density at radius 1 is 0.340 bits per heavy atom. The van der Waals surface area contributed by atoms with Crippen molar-refractivity contribution in [2.24, 2.45) is 0 Å². The van der Waals surface area contributed by atoms with Crippen molar-refractivity contribution >= 4 is 11.4 Å². The highest BCUT2D eigenvalue weighted by Gasteiger charge is 2.25. The van der Waals surface area contributed by atoms with Crippen LogP contribution in [0.3, 0.4) is 0 Å². The molecule has 53 heavy (non-hydrogen) atoms. The van der Waals surface area contributed by atoms with Crippen molar-refractivity contribution in [1.29, 1.82) is 0 Å². The zero-order chi connectivity index (χ0) is 36.6. The molecule has 0 unspecified atom stereocenters. The molecule has 2 heteroatoms. The summed E-state index contributed by atoms with van der Waals surface area (Å²) in [6.45, 7) is 12.6. The number of benzene rings is 7. The molecule has 2 nitrogen and oxygen atoms in total. The summed E-state index contributed by atoms with van der Waals surface area (Å²) in [5.41, 5.74) is 17.0. The van der Waals surface area contributed by atoms with Gasteiger partial charge in [0.15, 0.2) is 0 Å². The van der Waals surface area contributed by atoms with Gasteiger partial charge in [-0.2, -0.15) is 0 Å². The van der Waals surface area contributed by atoms with Gasteiger partial charge in [-0.15, -0.1) is 0 Å². The van der Waals surface area contributed by atoms with Crippen LogP contribution in [0.15, 0.2) is 176 Å². The predicted molar refractivity (Wildman–Crippen MR) is 225 cm³/mol. The highest BCUT2D eigenvalue weighted by atomic mass is 15.1. The number of aryl methyl sites for hydroxylation is 4. The molecular formula is C51H50N2. The summed E-state index contributed by atoms with van der Waals surface area (Å²) in [4.78, 5) is 5.07. The van der Waals surface area contributed by atoms with E-state index in [1.54, 1.807) is 0 Å². The van der Waals surface area contributed by atoms with Crippen molar-refractivity contribution in [3.8, 4) is 0 Å². The minimum atomic E-state index is 0.102. The molecule has 0 aromatic heterocycles. The first-order chi connectivity index (χ1) is 25.9. The van der Waals surface area contributed by atoms with Crippen LogP contribution < -0.4 is 9.80 Å². The number of hydrogen-bond acceptors (Lipinski definition) is 2. The van der Waals surface area contributed by atoms with E-state index >= 15 is 0 Å². The Hall–Kier alpha value is -5.86. The van der Waals surface area contributed by atoms with E-state index in [0.717, 1.165) is 26.2 Å². The van der Waals surface area contributed by atoms with Gasteiger partial charge < -0.3 is 9.80 Å². The largest absolute Gasteiger partial charge is 0.363 e. The van der Waals surface area contributed by atoms with Crippen LogP contribution in [0.5, 0.6) is 0 Å². The van der Waals surface area contributed by atoms with Gasteiger partial charge in [-0.3, -0.25) is 0 Å². The lowest BCUT2D eigenvalue weighted by Crippen LogP contribution is -2.24. The van der Waals surface area contributed by atoms with Crippen LogP contribution in [0, 0.1) is 27.7 Å². The van der Waals surface area contributed by atoms with Crippen LogP contribution in [-0.4, -0.2) is 0 Å². The van der Waals surface area contributed by atoms with Crippen molar-refractivity contribution in [3.63, 3.8) is 0 Å². The van der Waals surface area contributed by atoms with Crippen LogP contribution in [0.1, 0.15) is 67.1 Å². The minimum absolute atomic E-state index is 0.102. The molecule has 0 heterocycles. The Kier molecular flexibility index (Phi) is 11.2. The first kappa shape index (κ1) is 35.5. The fourth-order valence-electron chi connectivity index (χ4n) is 7.79. The molecule has 7 aromatic rings. The van der Waals surface area contributed by atoms with Crippen molar-refractivity contribution < 1.29 is 0 Å². The summed E-state index contributed by atoms with van der Waals surface area (Å²) in [6.07, 6.45) is 0. The Morgan fingerprint density at radius 2 is 0.623 bits per heavy atom. The molecule has 264 valence electrons. The molecule has 0 saturated carbocycles. The zero-order valence-electron chi connectivity index (χ0n) is 31.5. The van der Waals surface area contributed by atoms with Crippen molar-refractivity contribution in [2.45, 2.75) is 59.8 Å². The maximum absolute atomic E-state index is 2.53. The molecule has 0 aliphatic rings. The quantitative estimate of drug-likeness (QED) is 0.111.